The molecule has 84 valence electrons. The number of methoxy groups -OCH3 is 1. The maximum atomic E-state index is 5.87. The number of hydrogen-bond donors (Lipinski definition) is 1. The molecule has 0 bridgehead atoms. The predicted molar refractivity (Wildman–Crippen MR) is 61.2 cm³/mol. The molecule has 6 heteroatoms. The summed E-state index contributed by atoms with van der Waals surface area (Å²) in [5.74, 6) is 3.72. The Morgan fingerprint density at radius 3 is 2.69 bits per heavy atom. The lowest BCUT2D eigenvalue weighted by Crippen LogP contribution is -2.46. The molecule has 0 fully saturated rings. The minimum Gasteiger partial charge on any atom is -0.480 e. The summed E-state index contributed by atoms with van der Waals surface area (Å²) in [5.41, 5.74) is 6.57. The van der Waals surface area contributed by atoms with Crippen LogP contribution in [-0.2, 0) is 4.74 Å². The smallest absolute Gasteiger partial charge is 0.228 e. The molecule has 0 aliphatic carbocycles. The van der Waals surface area contributed by atoms with Crippen molar-refractivity contribution in [3.05, 3.63) is 11.6 Å². The van der Waals surface area contributed by atoms with Crippen LogP contribution in [0.15, 0.2) is 21.6 Å². The van der Waals surface area contributed by atoms with E-state index in [2.05, 4.69) is 15.9 Å². The first-order valence-corrected chi connectivity index (χ1v) is 4.74. The average molecular weight is 219 g/mol. The molecule has 1 unspecified atom stereocenters. The summed E-state index contributed by atoms with van der Waals surface area (Å²) in [6, 6.07) is -0.197. The van der Waals surface area contributed by atoms with Crippen molar-refractivity contribution < 1.29 is 4.74 Å². The minimum atomic E-state index is -0.197. The Labute approximate surface area is 94.1 Å². The Balaban J connectivity index is 2.54. The number of terminal acetylenes is 1. The molecular weight excluding hydrogens is 206 g/mol. The number of fused-ring (bicyclic) bond motifs is 1. The molecule has 0 spiro atoms. The van der Waals surface area contributed by atoms with Crippen LogP contribution >= 0.6 is 0 Å². The van der Waals surface area contributed by atoms with E-state index in [1.165, 1.54) is 0 Å². The molecule has 2 heterocycles. The van der Waals surface area contributed by atoms with Crippen LogP contribution in [-0.4, -0.2) is 48.9 Å². The molecule has 0 radical (unpaired) electrons. The van der Waals surface area contributed by atoms with Gasteiger partial charge < -0.3 is 10.5 Å². The second-order valence-corrected chi connectivity index (χ2v) is 3.51. The van der Waals surface area contributed by atoms with E-state index in [9.17, 15) is 0 Å². The van der Waals surface area contributed by atoms with Gasteiger partial charge in [-0.25, -0.2) is 15.0 Å². The van der Waals surface area contributed by atoms with E-state index in [0.717, 1.165) is 0 Å². The molecular formula is C10H13N5O. The van der Waals surface area contributed by atoms with Gasteiger partial charge in [0.2, 0.25) is 11.7 Å². The van der Waals surface area contributed by atoms with Gasteiger partial charge in [0.1, 0.15) is 17.6 Å². The third kappa shape index (κ3) is 1.26. The van der Waals surface area contributed by atoms with Crippen LogP contribution in [0, 0.1) is 12.3 Å². The molecule has 0 saturated carbocycles. The molecule has 16 heavy (non-hydrogen) atoms. The van der Waals surface area contributed by atoms with E-state index >= 15 is 0 Å². The Kier molecular flexibility index (Phi) is 2.33. The fraction of sp³-hybridized carbons (Fsp3) is 0.400. The SMILES string of the molecule is C#CC1=NC2=C(OC)N(C)N(C)C2C(N)=N1. The summed E-state index contributed by atoms with van der Waals surface area (Å²) < 4.78 is 5.28. The molecule has 0 saturated heterocycles. The molecule has 2 rings (SSSR count). The first-order chi connectivity index (χ1) is 7.60. The van der Waals surface area contributed by atoms with E-state index in [1.807, 2.05) is 24.1 Å². The van der Waals surface area contributed by atoms with Gasteiger partial charge in [-0.2, -0.15) is 0 Å². The Hall–Kier alpha value is -2.00. The van der Waals surface area contributed by atoms with Gasteiger partial charge in [0.05, 0.1) is 7.11 Å². The van der Waals surface area contributed by atoms with Crippen LogP contribution < -0.4 is 5.73 Å². The summed E-state index contributed by atoms with van der Waals surface area (Å²) in [6.45, 7) is 0. The van der Waals surface area contributed by atoms with Gasteiger partial charge in [-0.05, 0) is 5.92 Å². The average Bonchev–Trinajstić information content (AvgIpc) is 2.51. The molecule has 6 nitrogen and oxygen atoms in total. The monoisotopic (exact) mass is 219 g/mol. The Morgan fingerprint density at radius 1 is 1.44 bits per heavy atom. The number of aliphatic imine (C=N–C) groups is 2. The number of likely N-dealkylation sites (N-methyl/N-ethyl adjacent to an activating group) is 1. The lowest BCUT2D eigenvalue weighted by atomic mass is 10.2. The second-order valence-electron chi connectivity index (χ2n) is 3.51. The van der Waals surface area contributed by atoms with Gasteiger partial charge in [0, 0.05) is 14.1 Å². The third-order valence-electron chi connectivity index (χ3n) is 2.68. The summed E-state index contributed by atoms with van der Waals surface area (Å²) in [5, 5.41) is 3.72. The lowest BCUT2D eigenvalue weighted by molar-refractivity contribution is 0.0257. The minimum absolute atomic E-state index is 0.197. The van der Waals surface area contributed by atoms with Gasteiger partial charge in [-0.1, -0.05) is 0 Å². The standard InChI is InChI=1S/C10H13N5O/c1-5-6-12-7-8(9(11)13-6)14(2)15(3)10(7)16-4/h1,8H,2-4H3,(H2,11,12,13). The van der Waals surface area contributed by atoms with Gasteiger partial charge in [0.25, 0.3) is 0 Å². The van der Waals surface area contributed by atoms with Gasteiger partial charge in [0.15, 0.2) is 0 Å². The molecule has 0 aromatic heterocycles. The number of hydrazine groups is 1. The first-order valence-electron chi connectivity index (χ1n) is 4.74. The molecule has 0 amide bonds. The predicted octanol–water partition coefficient (Wildman–Crippen LogP) is -0.635. The molecule has 0 aromatic rings. The van der Waals surface area contributed by atoms with E-state index < -0.39 is 0 Å². The second kappa shape index (κ2) is 3.54. The molecule has 2 aliphatic rings. The topological polar surface area (TPSA) is 66.5 Å². The van der Waals surface area contributed by atoms with E-state index in [-0.39, 0.29) is 11.9 Å². The number of nitrogens with zero attached hydrogens (tertiary/aromatic N) is 4. The van der Waals surface area contributed by atoms with Crippen molar-refractivity contribution in [1.82, 2.24) is 10.0 Å². The fourth-order valence-corrected chi connectivity index (χ4v) is 1.84. The molecule has 2 aliphatic heterocycles. The largest absolute Gasteiger partial charge is 0.480 e. The van der Waals surface area contributed by atoms with Crippen molar-refractivity contribution in [3.63, 3.8) is 0 Å². The van der Waals surface area contributed by atoms with Crippen molar-refractivity contribution >= 4 is 11.7 Å². The summed E-state index contributed by atoms with van der Waals surface area (Å²) >= 11 is 0. The first kappa shape index (κ1) is 10.5. The van der Waals surface area contributed by atoms with Crippen LogP contribution in [0.25, 0.3) is 0 Å². The highest BCUT2D eigenvalue weighted by molar-refractivity contribution is 6.10. The van der Waals surface area contributed by atoms with Crippen LogP contribution in [0.3, 0.4) is 0 Å². The summed E-state index contributed by atoms with van der Waals surface area (Å²) in [6.07, 6.45) is 5.27. The van der Waals surface area contributed by atoms with E-state index in [0.29, 0.717) is 17.4 Å². The van der Waals surface area contributed by atoms with Gasteiger partial charge in [-0.15, -0.1) is 6.42 Å². The van der Waals surface area contributed by atoms with Crippen molar-refractivity contribution in [2.45, 2.75) is 6.04 Å². The fourth-order valence-electron chi connectivity index (χ4n) is 1.84. The van der Waals surface area contributed by atoms with Crippen LogP contribution in [0.5, 0.6) is 0 Å². The van der Waals surface area contributed by atoms with E-state index in [1.54, 1.807) is 7.11 Å². The summed E-state index contributed by atoms with van der Waals surface area (Å²) in [7, 11) is 5.33. The summed E-state index contributed by atoms with van der Waals surface area (Å²) in [4.78, 5) is 8.30. The zero-order valence-corrected chi connectivity index (χ0v) is 9.43. The Morgan fingerprint density at radius 2 is 2.12 bits per heavy atom. The Bertz CT molecular complexity index is 456. The van der Waals surface area contributed by atoms with E-state index in [4.69, 9.17) is 16.9 Å². The van der Waals surface area contributed by atoms with Crippen molar-refractivity contribution in [2.75, 3.05) is 21.2 Å². The molecule has 2 N–H and O–H groups in total. The highest BCUT2D eigenvalue weighted by atomic mass is 16.5. The van der Waals surface area contributed by atoms with Crippen LogP contribution in [0.1, 0.15) is 0 Å². The zero-order chi connectivity index (χ0) is 11.9. The zero-order valence-electron chi connectivity index (χ0n) is 9.43. The molecule has 1 atom stereocenters. The van der Waals surface area contributed by atoms with Crippen molar-refractivity contribution in [3.8, 4) is 12.3 Å². The number of hydrogen-bond acceptors (Lipinski definition) is 6. The number of amidine groups is 2. The normalized spacial score (nSPS) is 24.9. The maximum Gasteiger partial charge on any atom is 0.228 e. The number of rotatable bonds is 1. The quantitative estimate of drug-likeness (QED) is 0.596. The number of nitrogens with two attached hydrogens (primary N) is 1. The van der Waals surface area contributed by atoms with Crippen LogP contribution in [0.2, 0.25) is 0 Å². The number of ether oxygens (including phenoxy) is 1. The van der Waals surface area contributed by atoms with Crippen molar-refractivity contribution in [2.24, 2.45) is 15.7 Å². The third-order valence-corrected chi connectivity index (χ3v) is 2.68. The highest BCUT2D eigenvalue weighted by Gasteiger charge is 2.40. The maximum absolute atomic E-state index is 5.87. The lowest BCUT2D eigenvalue weighted by Gasteiger charge is -2.27. The van der Waals surface area contributed by atoms with Gasteiger partial charge in [-0.3, -0.25) is 5.01 Å². The van der Waals surface area contributed by atoms with Gasteiger partial charge >= 0.3 is 0 Å². The molecule has 0 aromatic carbocycles. The van der Waals surface area contributed by atoms with Crippen molar-refractivity contribution in [1.29, 1.82) is 0 Å². The van der Waals surface area contributed by atoms with Crippen LogP contribution in [0.4, 0.5) is 0 Å². The highest BCUT2D eigenvalue weighted by Crippen LogP contribution is 2.30.